The smallest absolute Gasteiger partial charge is 0.0850 e. The maximum atomic E-state index is 6.79. The summed E-state index contributed by atoms with van der Waals surface area (Å²) in [4.78, 5) is 2.48. The van der Waals surface area contributed by atoms with Crippen LogP contribution in [0.25, 0.3) is 0 Å². The highest BCUT2D eigenvalue weighted by atomic mass is 32.3. The molecule has 0 aromatic heterocycles. The highest BCUT2D eigenvalue weighted by molar-refractivity contribution is 8.25. The Kier molecular flexibility index (Phi) is 18.6. The standard InChI is InChI=1S/C29H57NO2S/c1-6-10-13-15-16-17-19-23-29-27-28(22-18-14-11-7-2)31-33(9-4,32-29)26-21-20-25-30(5)24-12-8-3/h11,14,16-17,28-29H,6-10,12-13,15,18-27H2,1-5H3/b14-11-,17-16-. The van der Waals surface area contributed by atoms with Gasteiger partial charge in [-0.1, -0.05) is 64.3 Å². The zero-order chi connectivity index (χ0) is 24.2. The van der Waals surface area contributed by atoms with Gasteiger partial charge in [0.05, 0.1) is 12.2 Å². The van der Waals surface area contributed by atoms with Crippen LogP contribution >= 0.6 is 10.6 Å². The van der Waals surface area contributed by atoms with Crippen LogP contribution in [-0.4, -0.2) is 48.8 Å². The SMILES string of the molecule is CC/C=C\CCC1CC(CC/C=C\CCCCC)OS(CC)(CCCCN(C)CCCC)O1. The predicted octanol–water partition coefficient (Wildman–Crippen LogP) is 8.99. The summed E-state index contributed by atoms with van der Waals surface area (Å²) in [6, 6.07) is 0. The summed E-state index contributed by atoms with van der Waals surface area (Å²) in [7, 11) is 0.848. The van der Waals surface area contributed by atoms with E-state index in [1.54, 1.807) is 0 Å². The average molecular weight is 484 g/mol. The molecule has 0 aromatic rings. The first-order valence-corrected chi connectivity index (χ1v) is 16.0. The van der Waals surface area contributed by atoms with E-state index in [-0.39, 0.29) is 0 Å². The number of hydrogen-bond donors (Lipinski definition) is 0. The molecule has 4 heteroatoms. The molecule has 0 radical (unpaired) electrons. The molecule has 0 saturated carbocycles. The average Bonchev–Trinajstić information content (AvgIpc) is 2.82. The van der Waals surface area contributed by atoms with Gasteiger partial charge >= 0.3 is 0 Å². The van der Waals surface area contributed by atoms with Crippen LogP contribution in [0.3, 0.4) is 0 Å². The topological polar surface area (TPSA) is 21.7 Å². The Balaban J connectivity index is 2.59. The van der Waals surface area contributed by atoms with Gasteiger partial charge in [0.15, 0.2) is 0 Å². The van der Waals surface area contributed by atoms with Crippen molar-refractivity contribution in [3.05, 3.63) is 24.3 Å². The third-order valence-corrected chi connectivity index (χ3v) is 9.62. The maximum Gasteiger partial charge on any atom is 0.0850 e. The number of rotatable bonds is 20. The Labute approximate surface area is 209 Å². The van der Waals surface area contributed by atoms with Crippen molar-refractivity contribution in [3.8, 4) is 0 Å². The van der Waals surface area contributed by atoms with Crippen LogP contribution in [-0.2, 0) is 8.37 Å². The summed E-state index contributed by atoms with van der Waals surface area (Å²) in [5, 5.41) is 0. The lowest BCUT2D eigenvalue weighted by atomic mass is 10.0. The monoisotopic (exact) mass is 483 g/mol. The van der Waals surface area contributed by atoms with Gasteiger partial charge < -0.3 is 4.90 Å². The van der Waals surface area contributed by atoms with Gasteiger partial charge in [-0.25, -0.2) is 0 Å². The Bertz CT molecular complexity index is 510. The molecule has 196 valence electrons. The van der Waals surface area contributed by atoms with Crippen molar-refractivity contribution in [1.82, 2.24) is 4.90 Å². The van der Waals surface area contributed by atoms with E-state index < -0.39 is 10.6 Å². The van der Waals surface area contributed by atoms with Gasteiger partial charge in [0.25, 0.3) is 0 Å². The molecule has 1 aliphatic heterocycles. The van der Waals surface area contributed by atoms with Crippen molar-refractivity contribution in [2.45, 2.75) is 130 Å². The molecule has 3 nitrogen and oxygen atoms in total. The molecule has 0 amide bonds. The number of allylic oxidation sites excluding steroid dienone is 4. The molecule has 0 spiro atoms. The zero-order valence-electron chi connectivity index (χ0n) is 22.9. The van der Waals surface area contributed by atoms with E-state index in [0.717, 1.165) is 50.0 Å². The van der Waals surface area contributed by atoms with E-state index in [0.29, 0.717) is 12.2 Å². The summed E-state index contributed by atoms with van der Waals surface area (Å²) in [5.74, 6) is 2.14. The second-order valence-electron chi connectivity index (χ2n) is 9.77. The van der Waals surface area contributed by atoms with Crippen molar-refractivity contribution < 1.29 is 8.37 Å². The molecular formula is C29H57NO2S. The fourth-order valence-corrected chi connectivity index (χ4v) is 7.22. The summed E-state index contributed by atoms with van der Waals surface area (Å²) in [6.45, 7) is 11.4. The largest absolute Gasteiger partial charge is 0.306 e. The van der Waals surface area contributed by atoms with Crippen molar-refractivity contribution in [3.63, 3.8) is 0 Å². The highest BCUT2D eigenvalue weighted by Crippen LogP contribution is 2.57. The van der Waals surface area contributed by atoms with Crippen molar-refractivity contribution in [1.29, 1.82) is 0 Å². The second kappa shape index (κ2) is 20.0. The Hall–Kier alpha value is -0.290. The minimum absolute atomic E-state index is 0.362. The highest BCUT2D eigenvalue weighted by Gasteiger charge is 2.34. The molecular weight excluding hydrogens is 426 g/mol. The van der Waals surface area contributed by atoms with Crippen molar-refractivity contribution in [2.75, 3.05) is 31.6 Å². The quantitative estimate of drug-likeness (QED) is 0.127. The van der Waals surface area contributed by atoms with Gasteiger partial charge in [0.1, 0.15) is 0 Å². The van der Waals surface area contributed by atoms with Crippen LogP contribution in [0.5, 0.6) is 0 Å². The summed E-state index contributed by atoms with van der Waals surface area (Å²) < 4.78 is 13.6. The first kappa shape index (κ1) is 30.7. The first-order chi connectivity index (χ1) is 16.1. The van der Waals surface area contributed by atoms with Gasteiger partial charge in [0.2, 0.25) is 0 Å². The number of unbranched alkanes of at least 4 members (excludes halogenated alkanes) is 5. The van der Waals surface area contributed by atoms with Crippen molar-refractivity contribution in [2.24, 2.45) is 0 Å². The third kappa shape index (κ3) is 14.7. The van der Waals surface area contributed by atoms with E-state index in [9.17, 15) is 0 Å². The molecule has 0 N–H and O–H groups in total. The van der Waals surface area contributed by atoms with Crippen LogP contribution in [0, 0.1) is 0 Å². The number of hydrogen-bond acceptors (Lipinski definition) is 3. The lowest BCUT2D eigenvalue weighted by molar-refractivity contribution is 0.0516. The Morgan fingerprint density at radius 3 is 1.94 bits per heavy atom. The zero-order valence-corrected chi connectivity index (χ0v) is 23.7. The molecule has 0 aromatic carbocycles. The lowest BCUT2D eigenvalue weighted by Crippen LogP contribution is -2.35. The fourth-order valence-electron chi connectivity index (χ4n) is 4.44. The summed E-state index contributed by atoms with van der Waals surface area (Å²) >= 11 is 0. The second-order valence-corrected chi connectivity index (χ2v) is 12.6. The molecule has 3 atom stereocenters. The number of nitrogens with zero attached hydrogens (tertiary/aromatic N) is 1. The molecule has 1 heterocycles. The molecule has 0 bridgehead atoms. The predicted molar refractivity (Wildman–Crippen MR) is 150 cm³/mol. The van der Waals surface area contributed by atoms with Crippen LogP contribution in [0.15, 0.2) is 24.3 Å². The molecule has 1 rings (SSSR count). The molecule has 1 aliphatic rings. The minimum atomic E-state index is -1.41. The van der Waals surface area contributed by atoms with Crippen LogP contribution in [0.4, 0.5) is 0 Å². The fraction of sp³-hybridized carbons (Fsp3) is 0.862. The molecule has 33 heavy (non-hydrogen) atoms. The third-order valence-electron chi connectivity index (χ3n) is 6.58. The van der Waals surface area contributed by atoms with E-state index in [4.69, 9.17) is 8.37 Å². The van der Waals surface area contributed by atoms with Crippen LogP contribution < -0.4 is 0 Å². The van der Waals surface area contributed by atoms with E-state index in [1.807, 2.05) is 0 Å². The van der Waals surface area contributed by atoms with Gasteiger partial charge in [-0.2, -0.15) is 10.6 Å². The summed E-state index contributed by atoms with van der Waals surface area (Å²) in [6.07, 6.45) is 27.1. The van der Waals surface area contributed by atoms with Gasteiger partial charge in [-0.15, -0.1) is 0 Å². The van der Waals surface area contributed by atoms with Crippen LogP contribution in [0.2, 0.25) is 0 Å². The summed E-state index contributed by atoms with van der Waals surface area (Å²) in [5.41, 5.74) is 0. The van der Waals surface area contributed by atoms with Gasteiger partial charge in [-0.3, -0.25) is 8.37 Å². The Morgan fingerprint density at radius 2 is 1.33 bits per heavy atom. The lowest BCUT2D eigenvalue weighted by Gasteiger charge is -2.51. The Morgan fingerprint density at radius 1 is 0.727 bits per heavy atom. The van der Waals surface area contributed by atoms with E-state index in [2.05, 4.69) is 63.9 Å². The molecule has 1 fully saturated rings. The van der Waals surface area contributed by atoms with E-state index >= 15 is 0 Å². The minimum Gasteiger partial charge on any atom is -0.306 e. The maximum absolute atomic E-state index is 6.79. The van der Waals surface area contributed by atoms with Gasteiger partial charge in [-0.05, 0) is 91.3 Å². The first-order valence-electron chi connectivity index (χ1n) is 14.2. The normalized spacial score (nSPS) is 25.9. The molecule has 1 saturated heterocycles. The molecule has 3 unspecified atom stereocenters. The molecule has 0 aliphatic carbocycles. The van der Waals surface area contributed by atoms with Crippen LogP contribution in [0.1, 0.15) is 118 Å². The van der Waals surface area contributed by atoms with E-state index in [1.165, 1.54) is 64.5 Å². The van der Waals surface area contributed by atoms with Gasteiger partial charge in [0, 0.05) is 17.9 Å². The van der Waals surface area contributed by atoms with Crippen molar-refractivity contribution >= 4 is 10.6 Å².